The highest BCUT2D eigenvalue weighted by Crippen LogP contribution is 2.62. The predicted molar refractivity (Wildman–Crippen MR) is 216 cm³/mol. The highest BCUT2D eigenvalue weighted by atomic mass is 16.8. The van der Waals surface area contributed by atoms with Crippen LogP contribution in [0.4, 0.5) is 4.79 Å². The summed E-state index contributed by atoms with van der Waals surface area (Å²) in [6.07, 6.45) is 14.2. The first kappa shape index (κ1) is 44.4. The molecule has 4 aliphatic rings. The number of benzene rings is 1. The zero-order valence-electron chi connectivity index (χ0n) is 33.5. The maximum Gasteiger partial charge on any atom is 0.410 e. The maximum absolute atomic E-state index is 14.3. The fraction of sp³-hybridized carbons (Fsp3) is 0.636. The van der Waals surface area contributed by atoms with Crippen LogP contribution in [-0.2, 0) is 23.8 Å². The Balaban J connectivity index is 1.75. The molecule has 316 valence electrons. The molecule has 1 aromatic carbocycles. The van der Waals surface area contributed by atoms with Crippen molar-refractivity contribution in [2.45, 2.75) is 94.7 Å². The van der Waals surface area contributed by atoms with Crippen LogP contribution in [0.3, 0.4) is 0 Å². The molecule has 2 fully saturated rings. The lowest BCUT2D eigenvalue weighted by Gasteiger charge is -2.59. The summed E-state index contributed by atoms with van der Waals surface area (Å²) in [5, 5.41) is 34.1. The number of carbonyl (C=O) groups is 1. The van der Waals surface area contributed by atoms with E-state index in [4.69, 9.17) is 38.4 Å². The van der Waals surface area contributed by atoms with Gasteiger partial charge in [0.25, 0.3) is 0 Å². The summed E-state index contributed by atoms with van der Waals surface area (Å²) in [6, 6.07) is 5.04. The van der Waals surface area contributed by atoms with Gasteiger partial charge in [0.15, 0.2) is 0 Å². The molecule has 2 heterocycles. The molecule has 0 bridgehead atoms. The number of nitrogens with zero attached hydrogens (tertiary/aromatic N) is 2. The normalized spacial score (nSPS) is 26.9. The molecule has 0 radical (unpaired) electrons. The average Bonchev–Trinajstić information content (AvgIpc) is 3.23. The van der Waals surface area contributed by atoms with E-state index in [1.807, 2.05) is 18.2 Å². The van der Waals surface area contributed by atoms with Crippen LogP contribution in [0, 0.1) is 17.8 Å². The van der Waals surface area contributed by atoms with Crippen molar-refractivity contribution in [3.05, 3.63) is 73.4 Å². The number of unbranched alkanes of at least 4 members (excludes halogenated alkanes) is 2. The number of rotatable bonds is 25. The van der Waals surface area contributed by atoms with Crippen molar-refractivity contribution in [3.8, 4) is 11.5 Å². The number of hydrogen-bond acceptors (Lipinski definition) is 12. The molecule has 3 N–H and O–H groups in total. The van der Waals surface area contributed by atoms with Crippen LogP contribution in [0.2, 0.25) is 0 Å². The number of fused-ring (bicyclic) bond motifs is 2. The van der Waals surface area contributed by atoms with E-state index in [-0.39, 0.29) is 77.0 Å². The van der Waals surface area contributed by atoms with Gasteiger partial charge < -0.3 is 48.6 Å². The topological polar surface area (TPSA) is 158 Å². The van der Waals surface area contributed by atoms with Gasteiger partial charge in [-0.15, -0.1) is 13.2 Å². The SMILES string of the molecule is C=CCCOC(=O)N(CCOCCO)[C@H]1CC(=NOC2CCCCO2)C2=C[C@H](CCCCO)[C@@H](CCCCO)[C@@H]3c4cc(OCC=C)ccc4O[C@@]1(OCC=C)[C@H]23. The molecule has 57 heavy (non-hydrogen) atoms. The summed E-state index contributed by atoms with van der Waals surface area (Å²) >= 11 is 0. The molecule has 13 nitrogen and oxygen atoms in total. The number of amides is 1. The minimum Gasteiger partial charge on any atom is -0.490 e. The van der Waals surface area contributed by atoms with Gasteiger partial charge in [-0.3, -0.25) is 4.90 Å². The molecule has 0 aromatic heterocycles. The Labute approximate surface area is 337 Å². The number of hydrogen-bond donors (Lipinski definition) is 3. The second-order valence-corrected chi connectivity index (χ2v) is 15.0. The van der Waals surface area contributed by atoms with E-state index in [9.17, 15) is 20.1 Å². The summed E-state index contributed by atoms with van der Waals surface area (Å²) in [5.74, 6) is -0.756. The van der Waals surface area contributed by atoms with Crippen molar-refractivity contribution < 1.29 is 53.4 Å². The van der Waals surface area contributed by atoms with Crippen LogP contribution in [-0.4, -0.2) is 116 Å². The number of aliphatic hydroxyl groups is 3. The van der Waals surface area contributed by atoms with Crippen LogP contribution < -0.4 is 9.47 Å². The summed E-state index contributed by atoms with van der Waals surface area (Å²) in [5.41, 5.74) is 2.53. The molecule has 1 aromatic rings. The third-order valence-corrected chi connectivity index (χ3v) is 11.3. The smallest absolute Gasteiger partial charge is 0.410 e. The molecule has 1 saturated heterocycles. The Hall–Kier alpha value is -3.72. The largest absolute Gasteiger partial charge is 0.490 e. The number of aliphatic hydroxyl groups excluding tert-OH is 3. The molecular weight excluding hydrogens is 732 g/mol. The summed E-state index contributed by atoms with van der Waals surface area (Å²) in [7, 11) is 0. The van der Waals surface area contributed by atoms with Crippen molar-refractivity contribution in [2.75, 3.05) is 66.0 Å². The van der Waals surface area contributed by atoms with E-state index in [1.54, 1.807) is 23.1 Å². The van der Waals surface area contributed by atoms with Gasteiger partial charge in [-0.25, -0.2) is 4.79 Å². The highest BCUT2D eigenvalue weighted by Gasteiger charge is 2.65. The first-order chi connectivity index (χ1) is 28.0. The van der Waals surface area contributed by atoms with Gasteiger partial charge in [0.05, 0.1) is 51.3 Å². The number of oxime groups is 1. The number of allylic oxidation sites excluding steroid dienone is 1. The van der Waals surface area contributed by atoms with Gasteiger partial charge in [0.1, 0.15) is 24.1 Å². The Kier molecular flexibility index (Phi) is 17.9. The fourth-order valence-electron chi connectivity index (χ4n) is 8.83. The van der Waals surface area contributed by atoms with E-state index in [1.165, 1.54) is 0 Å². The van der Waals surface area contributed by atoms with Gasteiger partial charge in [0.2, 0.25) is 12.1 Å². The number of ether oxygens (including phenoxy) is 6. The van der Waals surface area contributed by atoms with E-state index >= 15 is 0 Å². The Bertz CT molecular complexity index is 1510. The second-order valence-electron chi connectivity index (χ2n) is 15.0. The molecule has 1 saturated carbocycles. The quantitative estimate of drug-likeness (QED) is 0.0569. The molecule has 1 unspecified atom stereocenters. The van der Waals surface area contributed by atoms with E-state index in [2.05, 4.69) is 25.8 Å². The first-order valence-electron chi connectivity index (χ1n) is 20.8. The van der Waals surface area contributed by atoms with E-state index in [0.29, 0.717) is 56.1 Å². The Morgan fingerprint density at radius 3 is 2.49 bits per heavy atom. The zero-order chi connectivity index (χ0) is 40.5. The molecule has 2 aliphatic carbocycles. The van der Waals surface area contributed by atoms with Crippen molar-refractivity contribution in [2.24, 2.45) is 22.9 Å². The standard InChI is InChI=1S/C44H64N2O11/c1-4-7-25-54-43(50)46(19-27-51-28-22-49)39-31-37(45-57-40-16-10-13-26-53-40)35-29-32(14-8-11-20-47)34(15-9-12-21-48)41-36-30-33(52-23-5-2)17-18-38(36)56-44(39,42(35)41)55-24-6-3/h4-6,17-18,29-30,32,34,39-42,47-49H,1-3,7-16,19-28,31H2/t32-,34+,39-,40?,41+,42+,44+/m0/s1. The minimum absolute atomic E-state index is 0.0523. The molecule has 2 aliphatic heterocycles. The summed E-state index contributed by atoms with van der Waals surface area (Å²) in [4.78, 5) is 22.1. The second kappa shape index (κ2) is 23.0. The monoisotopic (exact) mass is 796 g/mol. The Morgan fingerprint density at radius 2 is 1.77 bits per heavy atom. The average molecular weight is 797 g/mol. The third-order valence-electron chi connectivity index (χ3n) is 11.3. The molecule has 7 atom stereocenters. The number of carbonyl (C=O) groups excluding carboxylic acids is 1. The summed E-state index contributed by atoms with van der Waals surface area (Å²) in [6.45, 7) is 13.2. The molecule has 1 amide bonds. The Morgan fingerprint density at radius 1 is 0.965 bits per heavy atom. The van der Waals surface area contributed by atoms with Gasteiger partial charge in [-0.05, 0) is 80.6 Å². The summed E-state index contributed by atoms with van der Waals surface area (Å²) < 4.78 is 37.9. The van der Waals surface area contributed by atoms with Gasteiger partial charge >= 0.3 is 6.09 Å². The van der Waals surface area contributed by atoms with Crippen molar-refractivity contribution >= 4 is 11.8 Å². The molecule has 5 rings (SSSR count). The molecular formula is C44H64N2O11. The highest BCUT2D eigenvalue weighted by molar-refractivity contribution is 6.03. The van der Waals surface area contributed by atoms with Crippen molar-refractivity contribution in [3.63, 3.8) is 0 Å². The van der Waals surface area contributed by atoms with Crippen molar-refractivity contribution in [1.82, 2.24) is 4.90 Å². The zero-order valence-corrected chi connectivity index (χ0v) is 33.5. The van der Waals surface area contributed by atoms with Crippen LogP contribution >= 0.6 is 0 Å². The lowest BCUT2D eigenvalue weighted by molar-refractivity contribution is -0.256. The molecule has 0 spiro atoms. The van der Waals surface area contributed by atoms with E-state index < -0.39 is 30.1 Å². The maximum atomic E-state index is 14.3. The van der Waals surface area contributed by atoms with Crippen LogP contribution in [0.15, 0.2) is 73.0 Å². The minimum atomic E-state index is -1.46. The first-order valence-corrected chi connectivity index (χ1v) is 20.8. The van der Waals surface area contributed by atoms with E-state index in [0.717, 1.165) is 49.7 Å². The van der Waals surface area contributed by atoms with Crippen LogP contribution in [0.5, 0.6) is 11.5 Å². The van der Waals surface area contributed by atoms with Gasteiger partial charge in [-0.1, -0.05) is 48.9 Å². The predicted octanol–water partition coefficient (Wildman–Crippen LogP) is 6.44. The van der Waals surface area contributed by atoms with Crippen LogP contribution in [0.1, 0.15) is 82.1 Å². The third kappa shape index (κ3) is 11.1. The van der Waals surface area contributed by atoms with Gasteiger partial charge in [-0.2, -0.15) is 0 Å². The van der Waals surface area contributed by atoms with Crippen molar-refractivity contribution in [1.29, 1.82) is 0 Å². The lowest BCUT2D eigenvalue weighted by atomic mass is 9.55. The van der Waals surface area contributed by atoms with Crippen LogP contribution in [0.25, 0.3) is 0 Å². The fourth-order valence-corrected chi connectivity index (χ4v) is 8.83. The lowest BCUT2D eigenvalue weighted by Crippen LogP contribution is -2.70. The molecule has 13 heteroatoms. The van der Waals surface area contributed by atoms with Gasteiger partial charge in [0, 0.05) is 44.1 Å².